The van der Waals surface area contributed by atoms with Gasteiger partial charge in [0.25, 0.3) is 0 Å². The Bertz CT molecular complexity index is 2900. The van der Waals surface area contributed by atoms with E-state index in [4.69, 9.17) is 4.98 Å². The first-order valence-corrected chi connectivity index (χ1v) is 18.7. The van der Waals surface area contributed by atoms with Crippen molar-refractivity contribution in [2.45, 2.75) is 30.7 Å². The van der Waals surface area contributed by atoms with E-state index in [0.29, 0.717) is 33.6 Å². The van der Waals surface area contributed by atoms with Crippen molar-refractivity contribution in [3.8, 4) is 45.6 Å². The molecule has 3 aromatic heterocycles. The van der Waals surface area contributed by atoms with E-state index in [0.717, 1.165) is 6.07 Å². The molecule has 0 saturated carbocycles. The van der Waals surface area contributed by atoms with E-state index >= 15 is 0 Å². The summed E-state index contributed by atoms with van der Waals surface area (Å²) in [4.78, 5) is 30.5. The van der Waals surface area contributed by atoms with Gasteiger partial charge in [0, 0.05) is 43.8 Å². The normalized spacial score (nSPS) is 12.4. The van der Waals surface area contributed by atoms with E-state index in [-0.39, 0.29) is 50.8 Å². The maximum absolute atomic E-state index is 14.9. The highest BCUT2D eigenvalue weighted by atomic mass is 32.2. The van der Waals surface area contributed by atoms with Crippen LogP contribution in [-0.2, 0) is 6.18 Å². The number of fused-ring (bicyclic) bond motifs is 20. The Morgan fingerprint density at radius 3 is 1.35 bits per heavy atom. The molecular formula is C33H12F8N8S5. The van der Waals surface area contributed by atoms with Crippen molar-refractivity contribution in [2.24, 2.45) is 0 Å². The van der Waals surface area contributed by atoms with E-state index < -0.39 is 108 Å². The quantitative estimate of drug-likeness (QED) is 0.162. The van der Waals surface area contributed by atoms with Gasteiger partial charge in [-0.15, -0.1) is 0 Å². The van der Waals surface area contributed by atoms with Crippen LogP contribution in [0.2, 0.25) is 0 Å². The Balaban J connectivity index is 1.55. The maximum Gasteiger partial charge on any atom is 0.417 e. The van der Waals surface area contributed by atoms with Crippen molar-refractivity contribution in [2.75, 3.05) is 0 Å². The van der Waals surface area contributed by atoms with Crippen molar-refractivity contribution in [1.29, 1.82) is 0 Å². The van der Waals surface area contributed by atoms with Crippen LogP contribution in [0, 0.1) is 0 Å². The fraction of sp³-hybridized carbons (Fsp3) is 0.0303. The molecule has 0 fully saturated rings. The number of H-pyrrole nitrogens is 2. The topological polar surface area (TPSA) is 109 Å². The second-order valence-corrected chi connectivity index (χ2v) is 14.3. The van der Waals surface area contributed by atoms with Crippen LogP contribution < -0.4 is 0 Å². The van der Waals surface area contributed by atoms with Gasteiger partial charge in [0.2, 0.25) is 0 Å². The van der Waals surface area contributed by atoms with Gasteiger partial charge in [-0.1, -0.05) is 48.5 Å². The number of halogens is 8. The second-order valence-electron chi connectivity index (χ2n) is 11.5. The lowest BCUT2D eigenvalue weighted by Gasteiger charge is -2.13. The SMILES string of the molecule is FSc1c(C(F)(F)F)ccc2c1-c1nc-2nc2[nH]c(nc3nc(nc4[nH]c(n1)c1c(SF)c(SF)c(SF)c(SF)c41)-c1ccccc1-3)c1ccccc21. The van der Waals surface area contributed by atoms with E-state index in [1.807, 2.05) is 0 Å². The molecule has 2 aliphatic heterocycles. The number of benzene rings is 4. The predicted octanol–water partition coefficient (Wildman–Crippen LogP) is 12.8. The summed E-state index contributed by atoms with van der Waals surface area (Å²) in [5, 5.41) is 0.608. The average Bonchev–Trinajstić information content (AvgIpc) is 3.91. The minimum absolute atomic E-state index is 0.0340. The molecule has 21 heteroatoms. The lowest BCUT2D eigenvalue weighted by atomic mass is 10.0. The molecule has 2 aliphatic rings. The Hall–Kier alpha value is -4.57. The minimum Gasteiger partial charge on any atom is -0.324 e. The fourth-order valence-corrected chi connectivity index (χ4v) is 9.31. The minimum atomic E-state index is -5.01. The number of hydrogen-bond donors (Lipinski definition) is 2. The molecule has 8 nitrogen and oxygen atoms in total. The van der Waals surface area contributed by atoms with Crippen molar-refractivity contribution in [3.63, 3.8) is 0 Å². The summed E-state index contributed by atoms with van der Waals surface area (Å²) >= 11 is -2.72. The van der Waals surface area contributed by atoms with Crippen molar-refractivity contribution in [3.05, 3.63) is 66.2 Å². The van der Waals surface area contributed by atoms with Gasteiger partial charge in [0.15, 0.2) is 23.3 Å². The molecule has 0 spiro atoms. The molecule has 4 aromatic carbocycles. The zero-order valence-electron chi connectivity index (χ0n) is 26.0. The Morgan fingerprint density at radius 2 is 0.852 bits per heavy atom. The average molecular weight is 833 g/mol. The Labute approximate surface area is 318 Å². The van der Waals surface area contributed by atoms with Crippen molar-refractivity contribution < 1.29 is 32.6 Å². The van der Waals surface area contributed by atoms with Crippen LogP contribution in [0.15, 0.2) is 85.1 Å². The first kappa shape index (κ1) is 35.2. The number of hydrogen-bond acceptors (Lipinski definition) is 11. The number of aromatic nitrogens is 8. The number of nitrogens with zero attached hydrogens (tertiary/aromatic N) is 6. The summed E-state index contributed by atoms with van der Waals surface area (Å²) in [6.07, 6.45) is -5.01. The molecule has 0 atom stereocenters. The first-order chi connectivity index (χ1) is 26.2. The van der Waals surface area contributed by atoms with Crippen molar-refractivity contribution in [1.82, 2.24) is 39.9 Å². The van der Waals surface area contributed by atoms with Crippen LogP contribution in [0.3, 0.4) is 0 Å². The van der Waals surface area contributed by atoms with Crippen LogP contribution in [-0.4, -0.2) is 39.9 Å². The highest BCUT2D eigenvalue weighted by Crippen LogP contribution is 2.53. The molecule has 0 saturated heterocycles. The molecule has 9 rings (SSSR count). The summed E-state index contributed by atoms with van der Waals surface area (Å²) < 4.78 is 116. The molecule has 2 N–H and O–H groups in total. The van der Waals surface area contributed by atoms with E-state index in [9.17, 15) is 32.6 Å². The van der Waals surface area contributed by atoms with E-state index in [2.05, 4.69) is 34.9 Å². The smallest absolute Gasteiger partial charge is 0.324 e. The number of aromatic amines is 2. The number of rotatable bonds is 5. The summed E-state index contributed by atoms with van der Waals surface area (Å²) in [6.45, 7) is 0. The molecule has 7 aromatic rings. The molecule has 0 aliphatic carbocycles. The molecule has 270 valence electrons. The zero-order chi connectivity index (χ0) is 37.5. The summed E-state index contributed by atoms with van der Waals surface area (Å²) in [6, 6.07) is 15.7. The highest BCUT2D eigenvalue weighted by molar-refractivity contribution is 8.00. The maximum atomic E-state index is 14.9. The number of nitrogens with one attached hydrogen (secondary N) is 2. The molecule has 0 amide bonds. The van der Waals surface area contributed by atoms with Gasteiger partial charge in [-0.3, -0.25) is 0 Å². The highest BCUT2D eigenvalue weighted by Gasteiger charge is 2.38. The zero-order valence-corrected chi connectivity index (χ0v) is 30.1. The molecule has 8 bridgehead atoms. The lowest BCUT2D eigenvalue weighted by molar-refractivity contribution is -0.139. The Kier molecular flexibility index (Phi) is 8.67. The van der Waals surface area contributed by atoms with Crippen LogP contribution >= 0.6 is 60.7 Å². The van der Waals surface area contributed by atoms with E-state index in [1.54, 1.807) is 48.5 Å². The summed E-state index contributed by atoms with van der Waals surface area (Å²) in [5.41, 5.74) is -0.852. The van der Waals surface area contributed by atoms with Crippen molar-refractivity contribution >= 4 is 105 Å². The second kappa shape index (κ2) is 13.3. The summed E-state index contributed by atoms with van der Waals surface area (Å²) in [7, 11) is 0. The molecular weight excluding hydrogens is 821 g/mol. The number of alkyl halides is 3. The summed E-state index contributed by atoms with van der Waals surface area (Å²) in [5.74, 6) is -0.427. The van der Waals surface area contributed by atoms with Crippen LogP contribution in [0.25, 0.3) is 89.7 Å². The molecule has 5 heterocycles. The molecule has 54 heavy (non-hydrogen) atoms. The van der Waals surface area contributed by atoms with Crippen LogP contribution in [0.4, 0.5) is 32.6 Å². The van der Waals surface area contributed by atoms with Gasteiger partial charge in [-0.25, -0.2) is 29.9 Å². The monoisotopic (exact) mass is 832 g/mol. The molecule has 0 unspecified atom stereocenters. The van der Waals surface area contributed by atoms with Gasteiger partial charge in [-0.05, 0) is 12.1 Å². The fourth-order valence-electron chi connectivity index (χ4n) is 6.49. The van der Waals surface area contributed by atoms with Gasteiger partial charge in [-0.2, -0.15) is 32.6 Å². The van der Waals surface area contributed by atoms with Gasteiger partial charge < -0.3 is 9.97 Å². The molecule has 0 radical (unpaired) electrons. The predicted molar refractivity (Wildman–Crippen MR) is 196 cm³/mol. The standard InChI is InChI=1S/C33H12F8N8S5/c34-33(35,36)16-10-9-15-17(20(16)50-37)30-47-29(15)45-27-12-6-2-1-5-11(12)25(43-27)42-26-13-7-3-4-8-14(13)28(44-26)46-31-18-19(32(48-30)49-31)22(52-39)24(54-41)23(53-40)21(18)51-38/h1-10H,(H2,42,43,44,45,46,47,48,49). The third-order valence-corrected chi connectivity index (χ3v) is 11.9. The van der Waals surface area contributed by atoms with Gasteiger partial charge >= 0.3 is 6.18 Å². The lowest BCUT2D eigenvalue weighted by Crippen LogP contribution is -2.07. The third kappa shape index (κ3) is 5.34. The van der Waals surface area contributed by atoms with E-state index in [1.165, 1.54) is 0 Å². The van der Waals surface area contributed by atoms with Gasteiger partial charge in [0.05, 0.1) is 90.8 Å². The third-order valence-electron chi connectivity index (χ3n) is 8.72. The van der Waals surface area contributed by atoms with Gasteiger partial charge in [0.1, 0.15) is 22.6 Å². The first-order valence-electron chi connectivity index (χ1n) is 15.1. The van der Waals surface area contributed by atoms with Crippen LogP contribution in [0.1, 0.15) is 5.56 Å². The van der Waals surface area contributed by atoms with Crippen LogP contribution in [0.5, 0.6) is 0 Å². The largest absolute Gasteiger partial charge is 0.417 e. The Morgan fingerprint density at radius 1 is 0.426 bits per heavy atom.